The second kappa shape index (κ2) is 9.87. The van der Waals surface area contributed by atoms with Crippen LogP contribution >= 0.6 is 12.4 Å². The van der Waals surface area contributed by atoms with E-state index < -0.39 is 6.36 Å². The average molecular weight is 381 g/mol. The largest absolute Gasteiger partial charge is 0.573 e. The number of ether oxygens (including phenoxy) is 1. The van der Waals surface area contributed by atoms with Crippen molar-refractivity contribution in [3.8, 4) is 5.75 Å². The van der Waals surface area contributed by atoms with Crippen LogP contribution in [0.3, 0.4) is 0 Å². The van der Waals surface area contributed by atoms with E-state index in [4.69, 9.17) is 0 Å². The van der Waals surface area contributed by atoms with E-state index in [0.717, 1.165) is 31.5 Å². The molecule has 1 amide bonds. The smallest absolute Gasteiger partial charge is 0.406 e. The molecule has 1 aromatic carbocycles. The quantitative estimate of drug-likeness (QED) is 0.792. The first-order valence-corrected chi connectivity index (χ1v) is 8.15. The number of halogens is 4. The Kier molecular flexibility index (Phi) is 8.52. The molecule has 8 heteroatoms. The highest BCUT2D eigenvalue weighted by Gasteiger charge is 2.31. The van der Waals surface area contributed by atoms with Crippen LogP contribution in [0.5, 0.6) is 5.75 Å². The third kappa shape index (κ3) is 7.96. The fraction of sp³-hybridized carbons (Fsp3) is 0.588. The van der Waals surface area contributed by atoms with Crippen molar-refractivity contribution < 1.29 is 22.7 Å². The molecule has 0 bridgehead atoms. The number of hydrogen-bond acceptors (Lipinski definition) is 3. The SMILES string of the molecule is CC(CC(=O)NCc1ccc(OC(F)(F)F)cc1)C1CCNCC1.Cl. The summed E-state index contributed by atoms with van der Waals surface area (Å²) in [7, 11) is 0. The molecule has 1 aromatic rings. The molecule has 0 aliphatic carbocycles. The van der Waals surface area contributed by atoms with Crippen molar-refractivity contribution in [3.05, 3.63) is 29.8 Å². The van der Waals surface area contributed by atoms with E-state index in [-0.39, 0.29) is 24.1 Å². The maximum Gasteiger partial charge on any atom is 0.573 e. The van der Waals surface area contributed by atoms with Gasteiger partial charge in [-0.25, -0.2) is 0 Å². The molecule has 2 N–H and O–H groups in total. The number of carbonyl (C=O) groups is 1. The Bertz CT molecular complexity index is 532. The zero-order valence-corrected chi connectivity index (χ0v) is 14.9. The maximum absolute atomic E-state index is 12.1. The highest BCUT2D eigenvalue weighted by molar-refractivity contribution is 5.85. The fourth-order valence-corrected chi connectivity index (χ4v) is 2.95. The highest BCUT2D eigenvalue weighted by atomic mass is 35.5. The number of nitrogens with one attached hydrogen (secondary N) is 2. The predicted molar refractivity (Wildman–Crippen MR) is 91.6 cm³/mol. The predicted octanol–water partition coefficient (Wildman–Crippen LogP) is 3.65. The monoisotopic (exact) mass is 380 g/mol. The Morgan fingerprint density at radius 3 is 2.44 bits per heavy atom. The van der Waals surface area contributed by atoms with Gasteiger partial charge in [-0.1, -0.05) is 19.1 Å². The van der Waals surface area contributed by atoms with Gasteiger partial charge in [0.2, 0.25) is 5.91 Å². The lowest BCUT2D eigenvalue weighted by atomic mass is 9.84. The van der Waals surface area contributed by atoms with Crippen molar-refractivity contribution in [2.45, 2.75) is 39.1 Å². The van der Waals surface area contributed by atoms with Gasteiger partial charge in [0.05, 0.1) is 0 Å². The van der Waals surface area contributed by atoms with Crippen LogP contribution in [0.2, 0.25) is 0 Å². The lowest BCUT2D eigenvalue weighted by Gasteiger charge is -2.27. The average Bonchev–Trinajstić information content (AvgIpc) is 2.53. The van der Waals surface area contributed by atoms with Crippen LogP contribution in [-0.2, 0) is 11.3 Å². The van der Waals surface area contributed by atoms with E-state index in [9.17, 15) is 18.0 Å². The van der Waals surface area contributed by atoms with Gasteiger partial charge < -0.3 is 15.4 Å². The van der Waals surface area contributed by atoms with Crippen molar-refractivity contribution in [1.82, 2.24) is 10.6 Å². The summed E-state index contributed by atoms with van der Waals surface area (Å²) in [5.41, 5.74) is 0.729. The maximum atomic E-state index is 12.1. The van der Waals surface area contributed by atoms with E-state index in [1.54, 1.807) is 0 Å². The summed E-state index contributed by atoms with van der Waals surface area (Å²) in [5, 5.41) is 6.13. The second-order valence-corrected chi connectivity index (χ2v) is 6.24. The molecule has 1 heterocycles. The Balaban J connectivity index is 0.00000312. The molecule has 4 nitrogen and oxygen atoms in total. The van der Waals surface area contributed by atoms with Crippen LogP contribution in [0.4, 0.5) is 13.2 Å². The Morgan fingerprint density at radius 2 is 1.88 bits per heavy atom. The van der Waals surface area contributed by atoms with E-state index in [1.165, 1.54) is 24.3 Å². The molecule has 0 radical (unpaired) electrons. The molecule has 1 fully saturated rings. The molecule has 25 heavy (non-hydrogen) atoms. The zero-order valence-electron chi connectivity index (χ0n) is 14.1. The Labute approximate surface area is 151 Å². The fourth-order valence-electron chi connectivity index (χ4n) is 2.95. The molecule has 0 aromatic heterocycles. The molecule has 1 aliphatic heterocycles. The van der Waals surface area contributed by atoms with Gasteiger partial charge in [0.1, 0.15) is 5.75 Å². The van der Waals surface area contributed by atoms with E-state index in [0.29, 0.717) is 24.8 Å². The van der Waals surface area contributed by atoms with Gasteiger partial charge in [0.15, 0.2) is 0 Å². The van der Waals surface area contributed by atoms with Gasteiger partial charge in [-0.15, -0.1) is 25.6 Å². The highest BCUT2D eigenvalue weighted by Crippen LogP contribution is 2.24. The second-order valence-electron chi connectivity index (χ2n) is 6.24. The number of rotatable bonds is 6. The van der Waals surface area contributed by atoms with E-state index in [2.05, 4.69) is 22.3 Å². The zero-order chi connectivity index (χ0) is 17.6. The first-order valence-electron chi connectivity index (χ1n) is 8.15. The van der Waals surface area contributed by atoms with Crippen molar-refractivity contribution in [1.29, 1.82) is 0 Å². The van der Waals surface area contributed by atoms with Gasteiger partial charge in [-0.2, -0.15) is 0 Å². The number of alkyl halides is 3. The lowest BCUT2D eigenvalue weighted by Crippen LogP contribution is -2.33. The number of carbonyl (C=O) groups excluding carboxylic acids is 1. The summed E-state index contributed by atoms with van der Waals surface area (Å²) in [4.78, 5) is 12.0. The van der Waals surface area contributed by atoms with Gasteiger partial charge in [0.25, 0.3) is 0 Å². The van der Waals surface area contributed by atoms with Crippen LogP contribution < -0.4 is 15.4 Å². The van der Waals surface area contributed by atoms with Crippen molar-refractivity contribution >= 4 is 18.3 Å². The minimum absolute atomic E-state index is 0. The molecule has 1 unspecified atom stereocenters. The third-order valence-corrected chi connectivity index (χ3v) is 4.34. The lowest BCUT2D eigenvalue weighted by molar-refractivity contribution is -0.274. The van der Waals surface area contributed by atoms with E-state index >= 15 is 0 Å². The minimum atomic E-state index is -4.69. The summed E-state index contributed by atoms with van der Waals surface area (Å²) >= 11 is 0. The summed E-state index contributed by atoms with van der Waals surface area (Å²) in [6.45, 7) is 4.40. The van der Waals surface area contributed by atoms with Crippen molar-refractivity contribution in [2.24, 2.45) is 11.8 Å². The molecule has 1 saturated heterocycles. The number of hydrogen-bond donors (Lipinski definition) is 2. The topological polar surface area (TPSA) is 50.4 Å². The normalized spacial score (nSPS) is 16.6. The summed E-state index contributed by atoms with van der Waals surface area (Å²) < 4.78 is 40.1. The molecular formula is C17H24ClF3N2O2. The molecular weight excluding hydrogens is 357 g/mol. The Hall–Kier alpha value is -1.47. The van der Waals surface area contributed by atoms with Crippen LogP contribution in [0.25, 0.3) is 0 Å². The molecule has 1 atom stereocenters. The van der Waals surface area contributed by atoms with Gasteiger partial charge in [0, 0.05) is 13.0 Å². The molecule has 142 valence electrons. The van der Waals surface area contributed by atoms with Crippen molar-refractivity contribution in [3.63, 3.8) is 0 Å². The molecule has 0 spiro atoms. The minimum Gasteiger partial charge on any atom is -0.406 e. The van der Waals surface area contributed by atoms with Gasteiger partial charge in [-0.3, -0.25) is 4.79 Å². The summed E-state index contributed by atoms with van der Waals surface area (Å²) in [6.07, 6.45) is -2.04. The van der Waals surface area contributed by atoms with Crippen molar-refractivity contribution in [2.75, 3.05) is 13.1 Å². The summed E-state index contributed by atoms with van der Waals surface area (Å²) in [6, 6.07) is 5.51. The standard InChI is InChI=1S/C17H23F3N2O2.ClH/c1-12(14-6-8-21-9-7-14)10-16(23)22-11-13-2-4-15(5-3-13)24-17(18,19)20;/h2-5,12,14,21H,6-11H2,1H3,(H,22,23);1H. The number of piperidine rings is 1. The van der Waals surface area contributed by atoms with E-state index in [1.807, 2.05) is 0 Å². The first-order chi connectivity index (χ1) is 11.3. The molecule has 2 rings (SSSR count). The number of amides is 1. The molecule has 0 saturated carbocycles. The van der Waals surface area contributed by atoms with Crippen LogP contribution in [0.15, 0.2) is 24.3 Å². The third-order valence-electron chi connectivity index (χ3n) is 4.34. The van der Waals surface area contributed by atoms with Crippen LogP contribution in [-0.4, -0.2) is 25.4 Å². The molecule has 1 aliphatic rings. The van der Waals surface area contributed by atoms with Gasteiger partial charge in [-0.05, 0) is 55.5 Å². The van der Waals surface area contributed by atoms with Crippen LogP contribution in [0, 0.1) is 11.8 Å². The Morgan fingerprint density at radius 1 is 1.28 bits per heavy atom. The number of benzene rings is 1. The van der Waals surface area contributed by atoms with Crippen LogP contribution in [0.1, 0.15) is 31.7 Å². The van der Waals surface area contributed by atoms with Gasteiger partial charge >= 0.3 is 6.36 Å². The first kappa shape index (κ1) is 21.6. The summed E-state index contributed by atoms with van der Waals surface area (Å²) in [5.74, 6) is 0.596.